The predicted octanol–water partition coefficient (Wildman–Crippen LogP) is 3.33. The van der Waals surface area contributed by atoms with Crippen LogP contribution in [0.4, 0.5) is 8.78 Å². The average molecular weight is 417 g/mol. The molecule has 0 amide bonds. The van der Waals surface area contributed by atoms with Crippen LogP contribution in [0.5, 0.6) is 17.2 Å². The summed E-state index contributed by atoms with van der Waals surface area (Å²) in [6.45, 7) is -0.616. The molecular formula is C17H17F2NO7S. The van der Waals surface area contributed by atoms with E-state index in [1.54, 1.807) is 0 Å². The molecule has 0 saturated carbocycles. The van der Waals surface area contributed by atoms with Gasteiger partial charge in [0.1, 0.15) is 17.2 Å². The summed E-state index contributed by atoms with van der Waals surface area (Å²) in [4.78, 5) is 15.1. The average Bonchev–Trinajstić information content (AvgIpc) is 2.52. The standard InChI is InChI=1S/C17H17F2NO7S/c1-17(2,27-16(18)19)26-13-7-10(15(21)22)6-12(8-13)25-11-4-5-14(20-9-11)28(3,23)24/h4-9,16H,1-3H3,(H,21,22). The van der Waals surface area contributed by atoms with E-state index in [0.717, 1.165) is 18.5 Å². The van der Waals surface area contributed by atoms with Crippen molar-refractivity contribution in [3.8, 4) is 17.2 Å². The second kappa shape index (κ2) is 8.07. The van der Waals surface area contributed by atoms with Gasteiger partial charge >= 0.3 is 12.6 Å². The minimum absolute atomic E-state index is 0.0108. The fourth-order valence-corrected chi connectivity index (χ4v) is 2.68. The molecule has 2 aromatic rings. The summed E-state index contributed by atoms with van der Waals surface area (Å²) in [7, 11) is -3.49. The van der Waals surface area contributed by atoms with Gasteiger partial charge in [-0.2, -0.15) is 8.78 Å². The first-order chi connectivity index (χ1) is 12.9. The second-order valence-electron chi connectivity index (χ2n) is 6.09. The summed E-state index contributed by atoms with van der Waals surface area (Å²) < 4.78 is 62.9. The molecule has 28 heavy (non-hydrogen) atoms. The molecule has 0 aliphatic carbocycles. The van der Waals surface area contributed by atoms with Crippen molar-refractivity contribution in [1.82, 2.24) is 4.98 Å². The Kier molecular flexibility index (Phi) is 6.20. The van der Waals surface area contributed by atoms with Crippen molar-refractivity contribution in [3.63, 3.8) is 0 Å². The molecule has 1 heterocycles. The number of sulfone groups is 1. The lowest BCUT2D eigenvalue weighted by atomic mass is 10.2. The highest BCUT2D eigenvalue weighted by molar-refractivity contribution is 7.90. The summed E-state index contributed by atoms with van der Waals surface area (Å²) in [5.74, 6) is -2.98. The lowest BCUT2D eigenvalue weighted by Crippen LogP contribution is -2.33. The maximum absolute atomic E-state index is 12.5. The van der Waals surface area contributed by atoms with E-state index in [4.69, 9.17) is 9.47 Å². The Bertz CT molecular complexity index is 960. The number of hydrogen-bond donors (Lipinski definition) is 1. The SMILES string of the molecule is CC(C)(Oc1cc(Oc2ccc(S(C)(=O)=O)nc2)cc(C(=O)O)c1)OC(F)F. The molecule has 0 saturated heterocycles. The number of ether oxygens (including phenoxy) is 3. The minimum Gasteiger partial charge on any atom is -0.478 e. The van der Waals surface area contributed by atoms with Crippen molar-refractivity contribution in [2.24, 2.45) is 0 Å². The van der Waals surface area contributed by atoms with E-state index in [1.807, 2.05) is 0 Å². The lowest BCUT2D eigenvalue weighted by Gasteiger charge is -2.26. The molecule has 0 spiro atoms. The Morgan fingerprint density at radius 2 is 1.79 bits per heavy atom. The molecule has 0 aliphatic rings. The quantitative estimate of drug-likeness (QED) is 0.651. The van der Waals surface area contributed by atoms with Gasteiger partial charge in [0.25, 0.3) is 0 Å². The molecule has 1 aromatic carbocycles. The molecule has 1 N–H and O–H groups in total. The molecule has 11 heteroatoms. The first-order valence-corrected chi connectivity index (χ1v) is 9.62. The van der Waals surface area contributed by atoms with Crippen LogP contribution in [0.15, 0.2) is 41.6 Å². The third kappa shape index (κ3) is 6.13. The molecule has 0 radical (unpaired) electrons. The van der Waals surface area contributed by atoms with E-state index >= 15 is 0 Å². The molecule has 0 aliphatic heterocycles. The number of alkyl halides is 2. The maximum atomic E-state index is 12.5. The summed E-state index contributed by atoms with van der Waals surface area (Å²) in [5.41, 5.74) is -0.221. The number of rotatable bonds is 8. The van der Waals surface area contributed by atoms with Crippen LogP contribution in [0.3, 0.4) is 0 Å². The predicted molar refractivity (Wildman–Crippen MR) is 92.6 cm³/mol. The smallest absolute Gasteiger partial charge is 0.348 e. The number of aromatic carboxylic acids is 1. The van der Waals surface area contributed by atoms with Gasteiger partial charge in [0.15, 0.2) is 14.9 Å². The Morgan fingerprint density at radius 3 is 2.29 bits per heavy atom. The van der Waals surface area contributed by atoms with Gasteiger partial charge in [-0.15, -0.1) is 0 Å². The van der Waals surface area contributed by atoms with Crippen LogP contribution in [0.2, 0.25) is 0 Å². The van der Waals surface area contributed by atoms with E-state index in [0.29, 0.717) is 0 Å². The number of hydrogen-bond acceptors (Lipinski definition) is 7. The molecule has 0 atom stereocenters. The third-order valence-corrected chi connectivity index (χ3v) is 4.19. The molecule has 0 fully saturated rings. The third-order valence-electron chi connectivity index (χ3n) is 3.19. The normalized spacial score (nSPS) is 12.1. The van der Waals surface area contributed by atoms with Gasteiger partial charge < -0.3 is 14.6 Å². The van der Waals surface area contributed by atoms with E-state index in [-0.39, 0.29) is 27.8 Å². The van der Waals surface area contributed by atoms with Crippen molar-refractivity contribution in [3.05, 3.63) is 42.1 Å². The topological polar surface area (TPSA) is 112 Å². The van der Waals surface area contributed by atoms with Gasteiger partial charge in [-0.25, -0.2) is 18.2 Å². The van der Waals surface area contributed by atoms with Gasteiger partial charge in [0.05, 0.1) is 11.8 Å². The van der Waals surface area contributed by atoms with Crippen molar-refractivity contribution in [2.45, 2.75) is 31.3 Å². The van der Waals surface area contributed by atoms with Gasteiger partial charge in [0.2, 0.25) is 5.79 Å². The zero-order valence-corrected chi connectivity index (χ0v) is 15.9. The Labute approximate surface area is 159 Å². The fraction of sp³-hybridized carbons (Fsp3) is 0.294. The number of aromatic nitrogens is 1. The van der Waals surface area contributed by atoms with Crippen LogP contribution >= 0.6 is 0 Å². The largest absolute Gasteiger partial charge is 0.478 e. The Morgan fingerprint density at radius 1 is 1.14 bits per heavy atom. The van der Waals surface area contributed by atoms with Crippen molar-refractivity contribution >= 4 is 15.8 Å². The molecule has 0 unspecified atom stereocenters. The molecule has 8 nitrogen and oxygen atoms in total. The molecule has 0 bridgehead atoms. The van der Waals surface area contributed by atoms with E-state index < -0.39 is 28.2 Å². The summed E-state index contributed by atoms with van der Waals surface area (Å²) >= 11 is 0. The maximum Gasteiger partial charge on any atom is 0.348 e. The number of halogens is 2. The van der Waals surface area contributed by atoms with Crippen LogP contribution in [0.1, 0.15) is 24.2 Å². The zero-order valence-electron chi connectivity index (χ0n) is 15.0. The number of carboxylic acid groups (broad SMARTS) is 1. The van der Waals surface area contributed by atoms with Gasteiger partial charge in [-0.3, -0.25) is 4.74 Å². The van der Waals surface area contributed by atoms with E-state index in [9.17, 15) is 27.1 Å². The van der Waals surface area contributed by atoms with Crippen molar-refractivity contribution in [1.29, 1.82) is 0 Å². The Hall–Kier alpha value is -2.79. The summed E-state index contributed by atoms with van der Waals surface area (Å²) in [6, 6.07) is 6.13. The van der Waals surface area contributed by atoms with E-state index in [1.165, 1.54) is 38.1 Å². The highest BCUT2D eigenvalue weighted by atomic mass is 32.2. The fourth-order valence-electron chi connectivity index (χ4n) is 2.12. The number of benzene rings is 1. The first-order valence-electron chi connectivity index (χ1n) is 7.73. The molecular weight excluding hydrogens is 400 g/mol. The summed E-state index contributed by atoms with van der Waals surface area (Å²) in [5, 5.41) is 9.07. The number of carbonyl (C=O) groups is 1. The van der Waals surface area contributed by atoms with Crippen molar-refractivity contribution < 1.29 is 41.3 Å². The lowest BCUT2D eigenvalue weighted by molar-refractivity contribution is -0.264. The van der Waals surface area contributed by atoms with Crippen molar-refractivity contribution in [2.75, 3.05) is 6.26 Å². The minimum atomic E-state index is -3.49. The second-order valence-corrected chi connectivity index (χ2v) is 8.05. The highest BCUT2D eigenvalue weighted by Gasteiger charge is 2.26. The molecule has 1 aromatic heterocycles. The number of nitrogens with zero attached hydrogens (tertiary/aromatic N) is 1. The zero-order chi connectivity index (χ0) is 21.1. The van der Waals surface area contributed by atoms with Gasteiger partial charge in [-0.05, 0) is 24.3 Å². The monoisotopic (exact) mass is 417 g/mol. The Balaban J connectivity index is 2.31. The summed E-state index contributed by atoms with van der Waals surface area (Å²) in [6.07, 6.45) is 2.15. The van der Waals surface area contributed by atoms with E-state index in [2.05, 4.69) is 9.72 Å². The number of pyridine rings is 1. The van der Waals surface area contributed by atoms with Crippen LogP contribution in [0, 0.1) is 0 Å². The molecule has 152 valence electrons. The van der Waals surface area contributed by atoms with Gasteiger partial charge in [-0.1, -0.05) is 0 Å². The highest BCUT2D eigenvalue weighted by Crippen LogP contribution is 2.30. The van der Waals surface area contributed by atoms with Crippen LogP contribution in [-0.4, -0.2) is 43.1 Å². The van der Waals surface area contributed by atoms with Crippen LogP contribution in [0.25, 0.3) is 0 Å². The van der Waals surface area contributed by atoms with Crippen LogP contribution in [-0.2, 0) is 14.6 Å². The van der Waals surface area contributed by atoms with Crippen LogP contribution < -0.4 is 9.47 Å². The van der Waals surface area contributed by atoms with Gasteiger partial charge in [0, 0.05) is 26.2 Å². The number of carboxylic acids is 1. The first kappa shape index (κ1) is 21.5. The molecule has 2 rings (SSSR count).